The summed E-state index contributed by atoms with van der Waals surface area (Å²) in [6, 6.07) is 3.22. The Morgan fingerprint density at radius 1 is 1.62 bits per heavy atom. The number of halogens is 1. The van der Waals surface area contributed by atoms with Crippen LogP contribution in [0, 0.1) is 6.92 Å². The van der Waals surface area contributed by atoms with Crippen LogP contribution in [0.25, 0.3) is 0 Å². The zero-order valence-electron chi connectivity index (χ0n) is 9.25. The summed E-state index contributed by atoms with van der Waals surface area (Å²) in [5.41, 5.74) is 6.65. The van der Waals surface area contributed by atoms with Crippen molar-refractivity contribution < 1.29 is 9.90 Å². The molecular formula is C11H15BrN2O2. The van der Waals surface area contributed by atoms with Gasteiger partial charge in [-0.1, -0.05) is 15.9 Å². The topological polar surface area (TPSA) is 75.3 Å². The number of rotatable bonds is 4. The van der Waals surface area contributed by atoms with Crippen LogP contribution in [0.4, 0.5) is 0 Å². The minimum absolute atomic E-state index is 0.243. The van der Waals surface area contributed by atoms with Crippen molar-refractivity contribution in [1.82, 2.24) is 5.32 Å². The van der Waals surface area contributed by atoms with Crippen molar-refractivity contribution in [2.45, 2.75) is 26.4 Å². The van der Waals surface area contributed by atoms with Gasteiger partial charge in [-0.2, -0.15) is 0 Å². The fraction of sp³-hybridized carbons (Fsp3) is 0.364. The third-order valence-corrected chi connectivity index (χ3v) is 2.83. The Morgan fingerprint density at radius 3 is 2.81 bits per heavy atom. The van der Waals surface area contributed by atoms with Crippen LogP contribution >= 0.6 is 15.9 Å². The third-order valence-electron chi connectivity index (χ3n) is 2.37. The molecule has 0 fully saturated rings. The van der Waals surface area contributed by atoms with Crippen molar-refractivity contribution in [2.24, 2.45) is 5.73 Å². The molecule has 0 aromatic heterocycles. The van der Waals surface area contributed by atoms with Crippen LogP contribution < -0.4 is 11.1 Å². The summed E-state index contributed by atoms with van der Waals surface area (Å²) in [6.45, 7) is 3.90. The molecular weight excluding hydrogens is 272 g/mol. The second-order valence-corrected chi connectivity index (χ2v) is 4.65. The van der Waals surface area contributed by atoms with Crippen LogP contribution in [0.2, 0.25) is 0 Å². The Morgan fingerprint density at radius 2 is 2.25 bits per heavy atom. The number of nitrogens with two attached hydrogens (primary N) is 1. The molecule has 1 amide bonds. The predicted molar refractivity (Wildman–Crippen MR) is 66.0 cm³/mol. The summed E-state index contributed by atoms with van der Waals surface area (Å²) in [4.78, 5) is 10.8. The lowest BCUT2D eigenvalue weighted by Crippen LogP contribution is -2.38. The van der Waals surface area contributed by atoms with Gasteiger partial charge < -0.3 is 16.2 Å². The van der Waals surface area contributed by atoms with E-state index in [9.17, 15) is 9.90 Å². The number of aryl methyl sites for hydroxylation is 1. The van der Waals surface area contributed by atoms with E-state index in [0.717, 1.165) is 15.6 Å². The molecule has 1 rings (SSSR count). The van der Waals surface area contributed by atoms with Gasteiger partial charge in [-0.15, -0.1) is 0 Å². The summed E-state index contributed by atoms with van der Waals surface area (Å²) in [7, 11) is 0. The Kier molecular flexibility index (Phi) is 4.32. The highest BCUT2D eigenvalue weighted by Gasteiger charge is 2.10. The molecule has 0 bridgehead atoms. The number of carbonyl (C=O) groups excluding carboxylic acids is 1. The molecule has 0 radical (unpaired) electrons. The van der Waals surface area contributed by atoms with E-state index in [1.54, 1.807) is 6.92 Å². The highest BCUT2D eigenvalue weighted by Crippen LogP contribution is 2.26. The summed E-state index contributed by atoms with van der Waals surface area (Å²) in [5.74, 6) is -0.168. The second kappa shape index (κ2) is 5.32. The van der Waals surface area contributed by atoms with E-state index in [0.29, 0.717) is 6.54 Å². The maximum Gasteiger partial charge on any atom is 0.234 e. The molecule has 1 aromatic carbocycles. The summed E-state index contributed by atoms with van der Waals surface area (Å²) in [5, 5.41) is 12.7. The average Bonchev–Trinajstić information content (AvgIpc) is 2.20. The fourth-order valence-electron chi connectivity index (χ4n) is 1.30. The predicted octanol–water partition coefficient (Wildman–Crippen LogP) is 1.43. The number of primary amides is 1. The Bertz CT molecular complexity index is 407. The molecule has 0 aliphatic rings. The quantitative estimate of drug-likeness (QED) is 0.784. The number of carbonyl (C=O) groups is 1. The first-order valence-electron chi connectivity index (χ1n) is 4.92. The van der Waals surface area contributed by atoms with E-state index in [1.807, 2.05) is 19.1 Å². The maximum absolute atomic E-state index is 10.8. The lowest BCUT2D eigenvalue weighted by molar-refractivity contribution is -0.119. The highest BCUT2D eigenvalue weighted by atomic mass is 79.9. The van der Waals surface area contributed by atoms with Gasteiger partial charge in [-0.3, -0.25) is 4.79 Å². The summed E-state index contributed by atoms with van der Waals surface area (Å²) in [6.07, 6.45) is 0. The number of benzene rings is 1. The molecule has 0 aliphatic carbocycles. The molecule has 88 valence electrons. The first kappa shape index (κ1) is 13.0. The molecule has 0 heterocycles. The van der Waals surface area contributed by atoms with Crippen LogP contribution in [-0.2, 0) is 11.3 Å². The first-order chi connectivity index (χ1) is 7.41. The number of amides is 1. The number of nitrogens with one attached hydrogen (secondary N) is 1. The second-order valence-electron chi connectivity index (χ2n) is 3.74. The normalized spacial score (nSPS) is 12.4. The average molecular weight is 287 g/mol. The van der Waals surface area contributed by atoms with Gasteiger partial charge in [0.05, 0.1) is 6.04 Å². The van der Waals surface area contributed by atoms with Crippen LogP contribution in [0.5, 0.6) is 5.75 Å². The molecule has 0 saturated carbocycles. The maximum atomic E-state index is 10.8. The van der Waals surface area contributed by atoms with Gasteiger partial charge in [0, 0.05) is 16.6 Å². The molecule has 4 nitrogen and oxygen atoms in total. The monoisotopic (exact) mass is 286 g/mol. The SMILES string of the molecule is Cc1cc(Br)cc(CN[C@@H](C)C(N)=O)c1O. The van der Waals surface area contributed by atoms with E-state index < -0.39 is 11.9 Å². The van der Waals surface area contributed by atoms with Gasteiger partial charge in [0.2, 0.25) is 5.91 Å². The Hall–Kier alpha value is -1.07. The molecule has 4 N–H and O–H groups in total. The molecule has 16 heavy (non-hydrogen) atoms. The highest BCUT2D eigenvalue weighted by molar-refractivity contribution is 9.10. The molecule has 5 heteroatoms. The minimum Gasteiger partial charge on any atom is -0.507 e. The summed E-state index contributed by atoms with van der Waals surface area (Å²) >= 11 is 3.35. The van der Waals surface area contributed by atoms with E-state index in [1.165, 1.54) is 0 Å². The van der Waals surface area contributed by atoms with Gasteiger partial charge in [0.25, 0.3) is 0 Å². The van der Waals surface area contributed by atoms with Gasteiger partial charge in [-0.25, -0.2) is 0 Å². The molecule has 1 atom stereocenters. The smallest absolute Gasteiger partial charge is 0.234 e. The number of phenolic OH excluding ortho intramolecular Hbond substituents is 1. The van der Waals surface area contributed by atoms with Crippen LogP contribution in [0.15, 0.2) is 16.6 Å². The molecule has 1 aromatic rings. The van der Waals surface area contributed by atoms with Gasteiger partial charge in [-0.05, 0) is 31.5 Å². The van der Waals surface area contributed by atoms with Gasteiger partial charge in [0.15, 0.2) is 0 Å². The molecule has 0 aliphatic heterocycles. The number of hydrogen-bond donors (Lipinski definition) is 3. The van der Waals surface area contributed by atoms with Crippen molar-refractivity contribution in [3.05, 3.63) is 27.7 Å². The zero-order valence-corrected chi connectivity index (χ0v) is 10.8. The van der Waals surface area contributed by atoms with Crippen molar-refractivity contribution in [2.75, 3.05) is 0 Å². The number of aromatic hydroxyl groups is 1. The van der Waals surface area contributed by atoms with Crippen molar-refractivity contribution in [3.8, 4) is 5.75 Å². The van der Waals surface area contributed by atoms with Crippen LogP contribution in [0.1, 0.15) is 18.1 Å². The largest absolute Gasteiger partial charge is 0.507 e. The molecule has 0 saturated heterocycles. The van der Waals surface area contributed by atoms with Crippen LogP contribution in [0.3, 0.4) is 0 Å². The molecule has 0 spiro atoms. The fourth-order valence-corrected chi connectivity index (χ4v) is 1.92. The van der Waals surface area contributed by atoms with E-state index in [4.69, 9.17) is 5.73 Å². The van der Waals surface area contributed by atoms with E-state index in [-0.39, 0.29) is 5.75 Å². The lowest BCUT2D eigenvalue weighted by Gasteiger charge is -2.12. The van der Waals surface area contributed by atoms with E-state index >= 15 is 0 Å². The van der Waals surface area contributed by atoms with E-state index in [2.05, 4.69) is 21.2 Å². The van der Waals surface area contributed by atoms with Crippen LogP contribution in [-0.4, -0.2) is 17.1 Å². The Balaban J connectivity index is 2.78. The zero-order chi connectivity index (χ0) is 12.3. The first-order valence-corrected chi connectivity index (χ1v) is 5.71. The van der Waals surface area contributed by atoms with Gasteiger partial charge >= 0.3 is 0 Å². The van der Waals surface area contributed by atoms with Gasteiger partial charge in [0.1, 0.15) is 5.75 Å². The van der Waals surface area contributed by atoms with Crippen molar-refractivity contribution in [1.29, 1.82) is 0 Å². The number of hydrogen-bond acceptors (Lipinski definition) is 3. The number of phenols is 1. The third kappa shape index (κ3) is 3.21. The summed E-state index contributed by atoms with van der Waals surface area (Å²) < 4.78 is 0.895. The lowest BCUT2D eigenvalue weighted by atomic mass is 10.1. The molecule has 0 unspecified atom stereocenters. The Labute approximate surface area is 103 Å². The van der Waals surface area contributed by atoms with Crippen molar-refractivity contribution in [3.63, 3.8) is 0 Å². The standard InChI is InChI=1S/C11H15BrN2O2/c1-6-3-9(12)4-8(10(6)15)5-14-7(2)11(13)16/h3-4,7,14-15H,5H2,1-2H3,(H2,13,16)/t7-/m0/s1. The minimum atomic E-state index is -0.418. The van der Waals surface area contributed by atoms with Crippen molar-refractivity contribution >= 4 is 21.8 Å².